The fourth-order valence-electron chi connectivity index (χ4n) is 5.25. The van der Waals surface area contributed by atoms with Crippen molar-refractivity contribution in [3.63, 3.8) is 0 Å². The lowest BCUT2D eigenvalue weighted by molar-refractivity contribution is -0.217. The van der Waals surface area contributed by atoms with E-state index < -0.39 is 0 Å². The number of hydrogen-bond donors (Lipinski definition) is 0. The van der Waals surface area contributed by atoms with E-state index in [1.165, 1.54) is 0 Å². The lowest BCUT2D eigenvalue weighted by Crippen LogP contribution is -2.55. The van der Waals surface area contributed by atoms with Gasteiger partial charge >= 0.3 is 0 Å². The molecular weight excluding hydrogens is 296 g/mol. The van der Waals surface area contributed by atoms with E-state index in [1.807, 2.05) is 0 Å². The summed E-state index contributed by atoms with van der Waals surface area (Å²) >= 11 is 0. The molecular formula is C22H42O2. The number of hydrogen-bond acceptors (Lipinski definition) is 2. The van der Waals surface area contributed by atoms with Crippen LogP contribution in [-0.2, 0) is 9.47 Å². The maximum atomic E-state index is 6.79. The van der Waals surface area contributed by atoms with Gasteiger partial charge in [0.1, 0.15) is 0 Å². The summed E-state index contributed by atoms with van der Waals surface area (Å²) in [6, 6.07) is 0. The highest BCUT2D eigenvalue weighted by molar-refractivity contribution is 4.97. The predicted octanol–water partition coefficient (Wildman–Crippen LogP) is 5.79. The van der Waals surface area contributed by atoms with E-state index in [9.17, 15) is 0 Å². The summed E-state index contributed by atoms with van der Waals surface area (Å²) in [5.41, 5.74) is 0.00725. The molecule has 0 N–H and O–H groups in total. The van der Waals surface area contributed by atoms with Crippen LogP contribution < -0.4 is 0 Å². The van der Waals surface area contributed by atoms with Crippen LogP contribution in [-0.4, -0.2) is 23.9 Å². The molecule has 2 aliphatic heterocycles. The first-order valence-corrected chi connectivity index (χ1v) is 10.4. The molecule has 11 atom stereocenters. The fraction of sp³-hybridized carbons (Fsp3) is 1.00. The van der Waals surface area contributed by atoms with Crippen LogP contribution in [0.4, 0.5) is 0 Å². The van der Waals surface area contributed by atoms with Gasteiger partial charge in [-0.05, 0) is 61.7 Å². The molecule has 2 aliphatic rings. The second-order valence-corrected chi connectivity index (χ2v) is 9.50. The van der Waals surface area contributed by atoms with E-state index in [0.29, 0.717) is 59.7 Å². The molecule has 2 heteroatoms. The second-order valence-electron chi connectivity index (χ2n) is 9.50. The molecule has 142 valence electrons. The normalized spacial score (nSPS) is 52.2. The molecule has 0 aromatic heterocycles. The third-order valence-electron chi connectivity index (χ3n) is 8.53. The summed E-state index contributed by atoms with van der Waals surface area (Å²) in [6.45, 7) is 23.5. The minimum Gasteiger partial charge on any atom is -0.374 e. The van der Waals surface area contributed by atoms with E-state index in [1.54, 1.807) is 0 Å². The zero-order valence-electron chi connectivity index (χ0n) is 17.8. The van der Waals surface area contributed by atoms with E-state index in [-0.39, 0.29) is 5.60 Å². The highest BCUT2D eigenvalue weighted by atomic mass is 16.5. The van der Waals surface area contributed by atoms with Gasteiger partial charge in [-0.25, -0.2) is 0 Å². The van der Waals surface area contributed by atoms with Gasteiger partial charge in [0, 0.05) is 0 Å². The van der Waals surface area contributed by atoms with Gasteiger partial charge in [-0.2, -0.15) is 0 Å². The second kappa shape index (κ2) is 7.27. The molecule has 0 saturated carbocycles. The molecule has 0 aromatic rings. The van der Waals surface area contributed by atoms with Crippen molar-refractivity contribution in [1.82, 2.24) is 0 Å². The van der Waals surface area contributed by atoms with Crippen LogP contribution in [0, 0.1) is 41.4 Å². The fourth-order valence-corrected chi connectivity index (χ4v) is 5.25. The third kappa shape index (κ3) is 3.30. The van der Waals surface area contributed by atoms with E-state index in [0.717, 1.165) is 6.42 Å². The van der Waals surface area contributed by atoms with Gasteiger partial charge in [0.25, 0.3) is 0 Å². The van der Waals surface area contributed by atoms with Gasteiger partial charge in [-0.3, -0.25) is 0 Å². The Balaban J connectivity index is 2.17. The van der Waals surface area contributed by atoms with Gasteiger partial charge in [0.2, 0.25) is 0 Å². The Bertz CT molecular complexity index is 422. The summed E-state index contributed by atoms with van der Waals surface area (Å²) in [4.78, 5) is 0. The Labute approximate surface area is 151 Å². The van der Waals surface area contributed by atoms with Crippen molar-refractivity contribution in [1.29, 1.82) is 0 Å². The van der Waals surface area contributed by atoms with E-state index in [4.69, 9.17) is 9.47 Å². The molecule has 0 amide bonds. The largest absolute Gasteiger partial charge is 0.374 e. The van der Waals surface area contributed by atoms with Crippen LogP contribution >= 0.6 is 0 Å². The summed E-state index contributed by atoms with van der Waals surface area (Å²) in [5, 5.41) is 0. The van der Waals surface area contributed by atoms with E-state index in [2.05, 4.69) is 69.2 Å². The molecule has 2 rings (SSSR count). The highest BCUT2D eigenvalue weighted by Gasteiger charge is 2.49. The average Bonchev–Trinajstić information content (AvgIpc) is 2.82. The highest BCUT2D eigenvalue weighted by Crippen LogP contribution is 2.47. The Kier molecular flexibility index (Phi) is 6.13. The van der Waals surface area contributed by atoms with Crippen LogP contribution in [0.5, 0.6) is 0 Å². The molecule has 0 bridgehead atoms. The molecule has 0 aliphatic carbocycles. The number of rotatable bonds is 4. The van der Waals surface area contributed by atoms with Crippen LogP contribution in [0.2, 0.25) is 0 Å². The van der Waals surface area contributed by atoms with Crippen molar-refractivity contribution in [3.8, 4) is 0 Å². The Hall–Kier alpha value is -0.0800. The average molecular weight is 339 g/mol. The Morgan fingerprint density at radius 3 is 1.75 bits per heavy atom. The zero-order chi connectivity index (χ0) is 18.4. The summed E-state index contributed by atoms with van der Waals surface area (Å²) in [5.74, 6) is 4.23. The first-order valence-electron chi connectivity index (χ1n) is 10.4. The molecule has 24 heavy (non-hydrogen) atoms. The zero-order valence-corrected chi connectivity index (χ0v) is 17.8. The van der Waals surface area contributed by atoms with Crippen LogP contribution in [0.15, 0.2) is 0 Å². The maximum Gasteiger partial charge on any atom is 0.0684 e. The first-order chi connectivity index (χ1) is 11.0. The van der Waals surface area contributed by atoms with Gasteiger partial charge < -0.3 is 9.47 Å². The minimum absolute atomic E-state index is 0.00725. The van der Waals surface area contributed by atoms with Crippen molar-refractivity contribution in [3.05, 3.63) is 0 Å². The standard InChI is InChI=1S/C22H42O2/c1-11-22(10)18(8)12(2)14(4)21(24-22)17(7)16(6)20-15(5)13(3)19(9)23-20/h12-21H,11H2,1-10H3. The van der Waals surface area contributed by atoms with Gasteiger partial charge in [-0.15, -0.1) is 0 Å². The molecule has 0 aromatic carbocycles. The summed E-state index contributed by atoms with van der Waals surface area (Å²) < 4.78 is 13.2. The lowest BCUT2D eigenvalue weighted by Gasteiger charge is -2.53. The molecule has 2 fully saturated rings. The smallest absolute Gasteiger partial charge is 0.0684 e. The van der Waals surface area contributed by atoms with Gasteiger partial charge in [0.15, 0.2) is 0 Å². The quantitative estimate of drug-likeness (QED) is 0.645. The van der Waals surface area contributed by atoms with Crippen LogP contribution in [0.1, 0.15) is 75.7 Å². The van der Waals surface area contributed by atoms with Crippen LogP contribution in [0.25, 0.3) is 0 Å². The third-order valence-corrected chi connectivity index (χ3v) is 8.53. The first kappa shape index (κ1) is 20.2. The van der Waals surface area contributed by atoms with Crippen molar-refractivity contribution in [2.24, 2.45) is 41.4 Å². The SMILES string of the molecule is CCC1(C)OC(C(C)C(C)C2OC(C)C(C)C2C)C(C)C(C)C1C. The molecule has 2 heterocycles. The molecule has 2 saturated heterocycles. The Morgan fingerprint density at radius 2 is 1.29 bits per heavy atom. The maximum absolute atomic E-state index is 6.79. The molecule has 0 spiro atoms. The monoisotopic (exact) mass is 338 g/mol. The lowest BCUT2D eigenvalue weighted by atomic mass is 9.66. The molecule has 0 radical (unpaired) electrons. The van der Waals surface area contributed by atoms with Crippen molar-refractivity contribution in [2.45, 2.75) is 99.6 Å². The summed E-state index contributed by atoms with van der Waals surface area (Å²) in [7, 11) is 0. The topological polar surface area (TPSA) is 18.5 Å². The van der Waals surface area contributed by atoms with Gasteiger partial charge in [-0.1, -0.05) is 55.4 Å². The molecule has 11 unspecified atom stereocenters. The van der Waals surface area contributed by atoms with Crippen molar-refractivity contribution in [2.75, 3.05) is 0 Å². The van der Waals surface area contributed by atoms with E-state index >= 15 is 0 Å². The predicted molar refractivity (Wildman–Crippen MR) is 102 cm³/mol. The Morgan fingerprint density at radius 1 is 0.792 bits per heavy atom. The van der Waals surface area contributed by atoms with Crippen LogP contribution in [0.3, 0.4) is 0 Å². The van der Waals surface area contributed by atoms with Gasteiger partial charge in [0.05, 0.1) is 23.9 Å². The minimum atomic E-state index is 0.00725. The van der Waals surface area contributed by atoms with Crippen molar-refractivity contribution >= 4 is 0 Å². The number of ether oxygens (including phenoxy) is 2. The summed E-state index contributed by atoms with van der Waals surface area (Å²) in [6.07, 6.45) is 2.17. The van der Waals surface area contributed by atoms with Crippen molar-refractivity contribution < 1.29 is 9.47 Å². The molecule has 2 nitrogen and oxygen atoms in total.